The third kappa shape index (κ3) is 4.14. The Morgan fingerprint density at radius 2 is 1.95 bits per heavy atom. The van der Waals surface area contributed by atoms with E-state index in [0.717, 1.165) is 31.1 Å². The first-order chi connectivity index (χ1) is 9.69. The Hall–Kier alpha value is -1.74. The van der Waals surface area contributed by atoms with Crippen LogP contribution in [0.25, 0.3) is 0 Å². The molecule has 1 aliphatic heterocycles. The van der Waals surface area contributed by atoms with E-state index in [9.17, 15) is 0 Å². The maximum Gasteiger partial charge on any atom is 0.161 e. The first-order valence-electron chi connectivity index (χ1n) is 6.99. The predicted octanol–water partition coefficient (Wildman–Crippen LogP) is 3.41. The molecule has 1 aromatic rings. The molecule has 0 aliphatic carbocycles. The molecule has 0 fully saturated rings. The summed E-state index contributed by atoms with van der Waals surface area (Å²) < 4.78 is 11.2. The summed E-state index contributed by atoms with van der Waals surface area (Å²) in [5.74, 6) is 1.60. The maximum absolute atomic E-state index is 5.74. The van der Waals surface area contributed by atoms with Gasteiger partial charge in [-0.05, 0) is 37.6 Å². The van der Waals surface area contributed by atoms with Gasteiger partial charge in [0.1, 0.15) is 6.61 Å². The van der Waals surface area contributed by atoms with Crippen LogP contribution in [0.1, 0.15) is 19.4 Å². The Bertz CT molecular complexity index is 494. The zero-order valence-corrected chi connectivity index (χ0v) is 12.6. The van der Waals surface area contributed by atoms with E-state index in [4.69, 9.17) is 9.47 Å². The Morgan fingerprint density at radius 3 is 2.60 bits per heavy atom. The van der Waals surface area contributed by atoms with Crippen LogP contribution in [0.2, 0.25) is 0 Å². The molecule has 0 saturated carbocycles. The van der Waals surface area contributed by atoms with Gasteiger partial charge in [0.25, 0.3) is 0 Å². The third-order valence-corrected chi connectivity index (χ3v) is 3.26. The number of nitrogens with zero attached hydrogens (tertiary/aromatic N) is 1. The van der Waals surface area contributed by atoms with Crippen LogP contribution in [0.3, 0.4) is 0 Å². The molecule has 2 rings (SSSR count). The van der Waals surface area contributed by atoms with Crippen LogP contribution in [0.5, 0.6) is 11.5 Å². The Morgan fingerprint density at radius 1 is 1.20 bits per heavy atom. The average molecular weight is 273 g/mol. The standard InChI is InChI=1S/C17H23NO2/c1-14(2)8-11-20-16-7-6-15(12-17(16)19-3)13-18-9-4-5-10-18/h4-8,12H,9-11,13H2,1-3H3. The van der Waals surface area contributed by atoms with Crippen LogP contribution in [0.4, 0.5) is 0 Å². The Labute approximate surface area is 121 Å². The molecule has 0 atom stereocenters. The highest BCUT2D eigenvalue weighted by Gasteiger charge is 2.10. The van der Waals surface area contributed by atoms with Crippen LogP contribution in [-0.4, -0.2) is 31.7 Å². The molecule has 1 aromatic carbocycles. The Balaban J connectivity index is 2.01. The highest BCUT2D eigenvalue weighted by molar-refractivity contribution is 5.43. The van der Waals surface area contributed by atoms with E-state index in [0.29, 0.717) is 6.61 Å². The summed E-state index contributed by atoms with van der Waals surface area (Å²) in [5, 5.41) is 0. The van der Waals surface area contributed by atoms with Gasteiger partial charge >= 0.3 is 0 Å². The summed E-state index contributed by atoms with van der Waals surface area (Å²) >= 11 is 0. The van der Waals surface area contributed by atoms with Crippen molar-refractivity contribution in [3.63, 3.8) is 0 Å². The molecule has 0 spiro atoms. The van der Waals surface area contributed by atoms with Gasteiger partial charge in [0.2, 0.25) is 0 Å². The van der Waals surface area contributed by atoms with Gasteiger partial charge in [-0.3, -0.25) is 4.90 Å². The van der Waals surface area contributed by atoms with Crippen molar-refractivity contribution >= 4 is 0 Å². The second-order valence-electron chi connectivity index (χ2n) is 5.24. The van der Waals surface area contributed by atoms with Crippen LogP contribution < -0.4 is 9.47 Å². The summed E-state index contributed by atoms with van der Waals surface area (Å²) in [6.07, 6.45) is 6.46. The van der Waals surface area contributed by atoms with Crippen LogP contribution in [-0.2, 0) is 6.54 Å². The first kappa shape index (κ1) is 14.7. The third-order valence-electron chi connectivity index (χ3n) is 3.26. The molecule has 0 amide bonds. The molecule has 0 bridgehead atoms. The summed E-state index contributed by atoms with van der Waals surface area (Å²) in [6, 6.07) is 6.17. The SMILES string of the molecule is COc1cc(CN2CC=CC2)ccc1OCC=C(C)C. The Kier molecular flexibility index (Phi) is 5.24. The van der Waals surface area contributed by atoms with Crippen molar-refractivity contribution < 1.29 is 9.47 Å². The minimum Gasteiger partial charge on any atom is -0.493 e. The monoisotopic (exact) mass is 273 g/mol. The fourth-order valence-corrected chi connectivity index (χ4v) is 2.14. The number of methoxy groups -OCH3 is 1. The van der Waals surface area contributed by atoms with Crippen molar-refractivity contribution in [1.82, 2.24) is 4.90 Å². The number of hydrogen-bond donors (Lipinski definition) is 0. The molecular weight excluding hydrogens is 250 g/mol. The lowest BCUT2D eigenvalue weighted by Crippen LogP contribution is -2.19. The molecule has 0 aromatic heterocycles. The average Bonchev–Trinajstić information content (AvgIpc) is 2.92. The number of benzene rings is 1. The molecule has 108 valence electrons. The zero-order valence-electron chi connectivity index (χ0n) is 12.6. The topological polar surface area (TPSA) is 21.7 Å². The van der Waals surface area contributed by atoms with Gasteiger partial charge in [-0.2, -0.15) is 0 Å². The molecule has 20 heavy (non-hydrogen) atoms. The minimum absolute atomic E-state index is 0.577. The van der Waals surface area contributed by atoms with Crippen molar-refractivity contribution in [2.75, 3.05) is 26.8 Å². The van der Waals surface area contributed by atoms with Crippen LogP contribution >= 0.6 is 0 Å². The van der Waals surface area contributed by atoms with Gasteiger partial charge in [-0.15, -0.1) is 0 Å². The van der Waals surface area contributed by atoms with Crippen LogP contribution in [0.15, 0.2) is 42.0 Å². The summed E-state index contributed by atoms with van der Waals surface area (Å²) in [5.41, 5.74) is 2.50. The van der Waals surface area contributed by atoms with Gasteiger partial charge in [0.15, 0.2) is 11.5 Å². The molecule has 0 N–H and O–H groups in total. The highest BCUT2D eigenvalue weighted by Crippen LogP contribution is 2.28. The summed E-state index contributed by atoms with van der Waals surface area (Å²) in [6.45, 7) is 7.70. The fraction of sp³-hybridized carbons (Fsp3) is 0.412. The van der Waals surface area contributed by atoms with Gasteiger partial charge in [-0.25, -0.2) is 0 Å². The molecule has 0 radical (unpaired) electrons. The lowest BCUT2D eigenvalue weighted by molar-refractivity contribution is 0.322. The minimum atomic E-state index is 0.577. The van der Waals surface area contributed by atoms with E-state index in [2.05, 4.69) is 49.1 Å². The predicted molar refractivity (Wildman–Crippen MR) is 82.3 cm³/mol. The van der Waals surface area contributed by atoms with Gasteiger partial charge in [-0.1, -0.05) is 23.8 Å². The van der Waals surface area contributed by atoms with E-state index < -0.39 is 0 Å². The summed E-state index contributed by atoms with van der Waals surface area (Å²) in [4.78, 5) is 2.37. The smallest absolute Gasteiger partial charge is 0.161 e. The molecule has 3 nitrogen and oxygen atoms in total. The molecule has 0 saturated heterocycles. The zero-order chi connectivity index (χ0) is 14.4. The first-order valence-corrected chi connectivity index (χ1v) is 6.99. The molecule has 3 heteroatoms. The fourth-order valence-electron chi connectivity index (χ4n) is 2.14. The number of hydrogen-bond acceptors (Lipinski definition) is 3. The highest BCUT2D eigenvalue weighted by atomic mass is 16.5. The van der Waals surface area contributed by atoms with Crippen LogP contribution in [0, 0.1) is 0 Å². The summed E-state index contributed by atoms with van der Waals surface area (Å²) in [7, 11) is 1.68. The van der Waals surface area contributed by atoms with Gasteiger partial charge < -0.3 is 9.47 Å². The number of rotatable bonds is 6. The number of allylic oxidation sites excluding steroid dienone is 1. The van der Waals surface area contributed by atoms with Crippen molar-refractivity contribution in [2.24, 2.45) is 0 Å². The van der Waals surface area contributed by atoms with E-state index in [1.807, 2.05) is 6.07 Å². The van der Waals surface area contributed by atoms with E-state index in [1.165, 1.54) is 11.1 Å². The lowest BCUT2D eigenvalue weighted by Gasteiger charge is -2.16. The maximum atomic E-state index is 5.74. The van der Waals surface area contributed by atoms with Crippen molar-refractivity contribution in [1.29, 1.82) is 0 Å². The largest absolute Gasteiger partial charge is 0.493 e. The molecule has 1 heterocycles. The lowest BCUT2D eigenvalue weighted by atomic mass is 10.2. The van der Waals surface area contributed by atoms with Gasteiger partial charge in [0.05, 0.1) is 7.11 Å². The van der Waals surface area contributed by atoms with E-state index in [-0.39, 0.29) is 0 Å². The number of ether oxygens (including phenoxy) is 2. The van der Waals surface area contributed by atoms with E-state index >= 15 is 0 Å². The van der Waals surface area contributed by atoms with Crippen molar-refractivity contribution in [3.8, 4) is 11.5 Å². The van der Waals surface area contributed by atoms with Crippen molar-refractivity contribution in [3.05, 3.63) is 47.6 Å². The quantitative estimate of drug-likeness (QED) is 0.741. The molecule has 0 unspecified atom stereocenters. The normalized spacial score (nSPS) is 14.3. The second kappa shape index (κ2) is 7.15. The van der Waals surface area contributed by atoms with Gasteiger partial charge in [0, 0.05) is 19.6 Å². The van der Waals surface area contributed by atoms with Crippen molar-refractivity contribution in [2.45, 2.75) is 20.4 Å². The second-order valence-corrected chi connectivity index (χ2v) is 5.24. The molecule has 1 aliphatic rings. The molecular formula is C17H23NO2. The van der Waals surface area contributed by atoms with E-state index in [1.54, 1.807) is 7.11 Å².